The zero-order valence-electron chi connectivity index (χ0n) is 40.6. The van der Waals surface area contributed by atoms with Crippen LogP contribution in [0.3, 0.4) is 0 Å². The molecule has 0 aromatic carbocycles. The van der Waals surface area contributed by atoms with E-state index in [1.165, 1.54) is 12.0 Å². The first-order valence-corrected chi connectivity index (χ1v) is 23.9. The van der Waals surface area contributed by atoms with Gasteiger partial charge in [-0.05, 0) is 107 Å². The van der Waals surface area contributed by atoms with E-state index in [-0.39, 0.29) is 54.8 Å². The summed E-state index contributed by atoms with van der Waals surface area (Å²) < 4.78 is 29.4. The summed E-state index contributed by atoms with van der Waals surface area (Å²) in [6.45, 7) is 12.7. The van der Waals surface area contributed by atoms with Crippen molar-refractivity contribution in [2.24, 2.45) is 35.5 Å². The molecule has 3 fully saturated rings. The van der Waals surface area contributed by atoms with Crippen LogP contribution in [0.2, 0.25) is 0 Å². The first-order valence-electron chi connectivity index (χ1n) is 23.9. The molecule has 0 aromatic heterocycles. The van der Waals surface area contributed by atoms with E-state index in [4.69, 9.17) is 23.7 Å². The molecule has 1 unspecified atom stereocenters. The fourth-order valence-electron chi connectivity index (χ4n) is 10.1. The molecule has 15 atom stereocenters. The van der Waals surface area contributed by atoms with Gasteiger partial charge in [-0.2, -0.15) is 0 Å². The number of Topliss-reactive ketones (excluding diaryl/α,β-unsaturated/α-hetero) is 3. The average molecular weight is 914 g/mol. The minimum absolute atomic E-state index is 0.0193. The number of methoxy groups -OCH3 is 3. The van der Waals surface area contributed by atoms with Gasteiger partial charge in [-0.3, -0.25) is 19.2 Å². The average Bonchev–Trinajstić information content (AvgIpc) is 3.28. The van der Waals surface area contributed by atoms with Gasteiger partial charge in [0.05, 0.1) is 24.4 Å². The van der Waals surface area contributed by atoms with Crippen LogP contribution >= 0.6 is 0 Å². The number of allylic oxidation sites excluding steroid dienone is 6. The topological polar surface area (TPSA) is 195 Å². The number of nitrogens with zero attached hydrogens (tertiary/aromatic N) is 1. The van der Waals surface area contributed by atoms with Gasteiger partial charge in [0.15, 0.2) is 5.78 Å². The number of ketones is 3. The number of ether oxygens (including phenoxy) is 5. The highest BCUT2D eigenvalue weighted by Gasteiger charge is 2.53. The zero-order valence-corrected chi connectivity index (χ0v) is 40.6. The number of carbonyl (C=O) groups is 5. The van der Waals surface area contributed by atoms with Crippen molar-refractivity contribution < 1.29 is 63.0 Å². The fourth-order valence-corrected chi connectivity index (χ4v) is 10.1. The Labute approximate surface area is 387 Å². The Hall–Kier alpha value is -3.37. The minimum atomic E-state index is -2.43. The molecule has 14 nitrogen and oxygen atoms in total. The number of aliphatic hydroxyl groups is 3. The Morgan fingerprint density at radius 1 is 0.846 bits per heavy atom. The Kier molecular flexibility index (Phi) is 21.0. The molecule has 0 aromatic rings. The van der Waals surface area contributed by atoms with Crippen LogP contribution in [0.15, 0.2) is 47.6 Å². The summed E-state index contributed by atoms with van der Waals surface area (Å²) in [7, 11) is 4.52. The second kappa shape index (κ2) is 25.1. The quantitative estimate of drug-likeness (QED) is 0.156. The maximum absolute atomic E-state index is 14.4. The number of hydrogen-bond acceptors (Lipinski definition) is 13. The summed E-state index contributed by atoms with van der Waals surface area (Å²) in [5.74, 6) is -7.96. The van der Waals surface area contributed by atoms with Crippen molar-refractivity contribution in [1.82, 2.24) is 4.90 Å². The monoisotopic (exact) mass is 914 g/mol. The molecule has 14 heteroatoms. The van der Waals surface area contributed by atoms with E-state index in [1.807, 2.05) is 58.1 Å². The van der Waals surface area contributed by atoms with Crippen LogP contribution < -0.4 is 0 Å². The number of piperidine rings is 1. The molecule has 4 rings (SSSR count). The third-order valence-corrected chi connectivity index (χ3v) is 14.5. The van der Waals surface area contributed by atoms with Crippen LogP contribution in [-0.2, 0) is 47.7 Å². The number of aliphatic hydroxyl groups excluding tert-OH is 2. The van der Waals surface area contributed by atoms with E-state index in [0.717, 1.165) is 12.0 Å². The first kappa shape index (κ1) is 54.2. The summed E-state index contributed by atoms with van der Waals surface area (Å²) in [4.78, 5) is 71.8. The van der Waals surface area contributed by atoms with Crippen LogP contribution in [0.1, 0.15) is 126 Å². The van der Waals surface area contributed by atoms with Crippen molar-refractivity contribution in [2.75, 3.05) is 27.9 Å². The Morgan fingerprint density at radius 3 is 2.25 bits per heavy atom. The molecule has 2 saturated heterocycles. The van der Waals surface area contributed by atoms with Gasteiger partial charge in [-0.15, -0.1) is 0 Å². The standard InChI is InChI=1S/C51H79NO13/c1-30-16-12-11-13-17-31(2)42(61-8)28-38-21-19-36(7)51(60,65-38)48(57)49(58)52-23-15-14-18-39(52)50(59)64-43(33(4)26-37-20-22-40(53)44(27-37)62-9)29-41(54)32(3)25-35(6)46(56)47(63-10)45(55)34(5)24-30/h11-13,16-17,25,30,32-34,36-40,42-44,46-47,53,56,60H,14-15,18-24,26-29H2,1-10H3/b13-11?,16-12+,31-17?,35-25+/t30-,32-,33-,34-,36-,37+,38+,39?,40-,42+,43+,44-,46+,47+,51-/m1/s1. The molecule has 3 heterocycles. The Balaban J connectivity index is 1.70. The summed E-state index contributed by atoms with van der Waals surface area (Å²) in [5.41, 5.74) is 1.27. The summed E-state index contributed by atoms with van der Waals surface area (Å²) in [6.07, 6.45) is 11.2. The number of carbonyl (C=O) groups excluding carboxylic acids is 5. The first-order chi connectivity index (χ1) is 30.7. The molecule has 0 radical (unpaired) electrons. The van der Waals surface area contributed by atoms with E-state index in [1.54, 1.807) is 41.1 Å². The van der Waals surface area contributed by atoms with Crippen molar-refractivity contribution in [2.45, 2.75) is 180 Å². The lowest BCUT2D eigenvalue weighted by atomic mass is 9.78. The van der Waals surface area contributed by atoms with Gasteiger partial charge in [0.25, 0.3) is 11.7 Å². The zero-order chi connectivity index (χ0) is 48.2. The highest BCUT2D eigenvalue weighted by Crippen LogP contribution is 2.38. The summed E-state index contributed by atoms with van der Waals surface area (Å²) in [6, 6.07) is -1.14. The van der Waals surface area contributed by atoms with E-state index in [0.29, 0.717) is 63.4 Å². The molecule has 3 N–H and O–H groups in total. The second-order valence-electron chi connectivity index (χ2n) is 19.6. The van der Waals surface area contributed by atoms with Crippen molar-refractivity contribution in [3.8, 4) is 0 Å². The molecular formula is C51H79NO13. The van der Waals surface area contributed by atoms with Crippen molar-refractivity contribution in [1.29, 1.82) is 0 Å². The van der Waals surface area contributed by atoms with Crippen molar-refractivity contribution in [3.63, 3.8) is 0 Å². The van der Waals surface area contributed by atoms with Gasteiger partial charge in [-0.25, -0.2) is 4.79 Å². The van der Waals surface area contributed by atoms with E-state index in [9.17, 15) is 39.3 Å². The Morgan fingerprint density at radius 2 is 1.57 bits per heavy atom. The van der Waals surface area contributed by atoms with Crippen LogP contribution in [0, 0.1) is 35.5 Å². The number of cyclic esters (lactones) is 1. The lowest BCUT2D eigenvalue weighted by Crippen LogP contribution is -2.61. The lowest BCUT2D eigenvalue weighted by Gasteiger charge is -2.42. The van der Waals surface area contributed by atoms with Gasteiger partial charge in [0.2, 0.25) is 5.79 Å². The number of amides is 1. The SMILES string of the molecule is CO[C@H]1C[C@@H]2CC[C@@H](C)[C@@](O)(O2)C(=O)C(=O)N2CCCCC2C(=O)O[C@H]([C@H](C)C[C@@H]2CC[C@@H](O)[C@H](OC)C2)CC(=O)[C@H](C)/C=C(\C)[C@H](O)[C@@H](OC)C(=O)[C@H](C)C[C@H](C)/C=C/C=CC=C1C. The van der Waals surface area contributed by atoms with E-state index >= 15 is 0 Å². The van der Waals surface area contributed by atoms with E-state index < -0.39 is 83.9 Å². The maximum atomic E-state index is 14.4. The predicted molar refractivity (Wildman–Crippen MR) is 245 cm³/mol. The van der Waals surface area contributed by atoms with Gasteiger partial charge in [-0.1, -0.05) is 71.1 Å². The van der Waals surface area contributed by atoms with Gasteiger partial charge in [0, 0.05) is 58.5 Å². The fraction of sp³-hybridized carbons (Fsp3) is 0.745. The minimum Gasteiger partial charge on any atom is -0.460 e. The third-order valence-electron chi connectivity index (χ3n) is 14.5. The maximum Gasteiger partial charge on any atom is 0.329 e. The largest absolute Gasteiger partial charge is 0.460 e. The molecule has 1 amide bonds. The molecule has 2 bridgehead atoms. The van der Waals surface area contributed by atoms with Crippen LogP contribution in [0.25, 0.3) is 0 Å². The normalized spacial score (nSPS) is 39.1. The van der Waals surface area contributed by atoms with Gasteiger partial charge < -0.3 is 43.9 Å². The molecule has 366 valence electrons. The molecule has 1 aliphatic carbocycles. The second-order valence-corrected chi connectivity index (χ2v) is 19.6. The number of esters is 1. The molecule has 0 spiro atoms. The molecule has 4 aliphatic rings. The van der Waals surface area contributed by atoms with Crippen molar-refractivity contribution in [3.05, 3.63) is 47.6 Å². The third kappa shape index (κ3) is 14.3. The molecule has 65 heavy (non-hydrogen) atoms. The molecule has 3 aliphatic heterocycles. The van der Waals surface area contributed by atoms with Crippen LogP contribution in [0.4, 0.5) is 0 Å². The van der Waals surface area contributed by atoms with Crippen LogP contribution in [0.5, 0.6) is 0 Å². The molecule has 1 saturated carbocycles. The number of hydrogen-bond donors (Lipinski definition) is 3. The smallest absolute Gasteiger partial charge is 0.329 e. The molecular weight excluding hydrogens is 835 g/mol. The van der Waals surface area contributed by atoms with Crippen molar-refractivity contribution >= 4 is 29.2 Å². The van der Waals surface area contributed by atoms with Gasteiger partial charge in [0.1, 0.15) is 30.1 Å². The Bertz CT molecular complexity index is 1760. The predicted octanol–water partition coefficient (Wildman–Crippen LogP) is 6.18. The summed E-state index contributed by atoms with van der Waals surface area (Å²) in [5, 5.41) is 33.8. The summed E-state index contributed by atoms with van der Waals surface area (Å²) >= 11 is 0. The number of fused-ring (bicyclic) bond motifs is 3. The number of rotatable bonds is 6. The lowest BCUT2D eigenvalue weighted by molar-refractivity contribution is -0.265. The highest BCUT2D eigenvalue weighted by molar-refractivity contribution is 6.39. The van der Waals surface area contributed by atoms with Gasteiger partial charge >= 0.3 is 5.97 Å². The van der Waals surface area contributed by atoms with Crippen LogP contribution in [-0.4, -0.2) is 132 Å². The van der Waals surface area contributed by atoms with E-state index in [2.05, 4.69) is 0 Å². The highest BCUT2D eigenvalue weighted by atomic mass is 16.6.